The van der Waals surface area contributed by atoms with E-state index in [0.717, 1.165) is 0 Å². The van der Waals surface area contributed by atoms with Crippen molar-refractivity contribution in [2.75, 3.05) is 6.54 Å². The molecule has 0 aromatic rings. The van der Waals surface area contributed by atoms with Crippen LogP contribution in [-0.2, 0) is 0 Å². The molecule has 0 atom stereocenters. The molecule has 0 aliphatic rings. The van der Waals surface area contributed by atoms with Crippen LogP contribution in [0, 0.1) is 0 Å². The Kier molecular flexibility index (Phi) is 10.7. The van der Waals surface area contributed by atoms with Crippen molar-refractivity contribution in [1.29, 1.82) is 0 Å². The Bertz CT molecular complexity index is 68.9. The molecular weight excluding hydrogens is 170 g/mol. The van der Waals surface area contributed by atoms with Crippen LogP contribution in [0.4, 0.5) is 0 Å². The molecule has 0 aromatic carbocycles. The molecule has 3 N–H and O–H groups in total. The SMILES string of the molecule is Cl.NNCC=C(Cl)Cl. The van der Waals surface area contributed by atoms with Gasteiger partial charge < -0.3 is 0 Å². The lowest BCUT2D eigenvalue weighted by atomic mass is 10.7. The summed E-state index contributed by atoms with van der Waals surface area (Å²) in [5, 5.41) is 0. The Morgan fingerprint density at radius 2 is 2.12 bits per heavy atom. The Morgan fingerprint density at radius 3 is 2.25 bits per heavy atom. The summed E-state index contributed by atoms with van der Waals surface area (Å²) in [5.41, 5.74) is 2.35. The topological polar surface area (TPSA) is 38.0 Å². The average Bonchev–Trinajstić information content (AvgIpc) is 1.61. The minimum absolute atomic E-state index is 0. The summed E-state index contributed by atoms with van der Waals surface area (Å²) in [6.07, 6.45) is 1.56. The van der Waals surface area contributed by atoms with Gasteiger partial charge in [0.15, 0.2) is 0 Å². The van der Waals surface area contributed by atoms with E-state index in [-0.39, 0.29) is 16.9 Å². The first-order valence-corrected chi connectivity index (χ1v) is 2.47. The second-order valence-corrected chi connectivity index (χ2v) is 1.91. The predicted molar refractivity (Wildman–Crippen MR) is 39.2 cm³/mol. The Morgan fingerprint density at radius 1 is 1.62 bits per heavy atom. The smallest absolute Gasteiger partial charge is 0.104 e. The maximum atomic E-state index is 5.19. The van der Waals surface area contributed by atoms with Crippen LogP contribution in [0.3, 0.4) is 0 Å². The molecule has 0 heterocycles. The third kappa shape index (κ3) is 9.73. The van der Waals surface area contributed by atoms with Crippen LogP contribution in [0.1, 0.15) is 0 Å². The zero-order valence-corrected chi connectivity index (χ0v) is 6.35. The number of nitrogens with two attached hydrogens (primary N) is 1. The number of hydrazine groups is 1. The normalized spacial score (nSPS) is 7.38. The summed E-state index contributed by atoms with van der Waals surface area (Å²) in [7, 11) is 0. The average molecular weight is 177 g/mol. The van der Waals surface area contributed by atoms with E-state index in [1.807, 2.05) is 0 Å². The van der Waals surface area contributed by atoms with Crippen molar-refractivity contribution in [2.45, 2.75) is 0 Å². The van der Waals surface area contributed by atoms with Crippen LogP contribution in [-0.4, -0.2) is 6.54 Å². The second-order valence-electron chi connectivity index (χ2n) is 0.902. The van der Waals surface area contributed by atoms with Crippen molar-refractivity contribution in [3.63, 3.8) is 0 Å². The first-order valence-electron chi connectivity index (χ1n) is 1.72. The fourth-order valence-electron chi connectivity index (χ4n) is 0.136. The van der Waals surface area contributed by atoms with Crippen LogP contribution >= 0.6 is 35.6 Å². The number of rotatable bonds is 2. The van der Waals surface area contributed by atoms with Gasteiger partial charge in [-0.3, -0.25) is 11.3 Å². The number of nitrogens with one attached hydrogen (secondary N) is 1. The highest BCUT2D eigenvalue weighted by Gasteiger charge is 1.77. The van der Waals surface area contributed by atoms with Gasteiger partial charge >= 0.3 is 0 Å². The lowest BCUT2D eigenvalue weighted by molar-refractivity contribution is 0.823. The van der Waals surface area contributed by atoms with E-state index in [0.29, 0.717) is 6.54 Å². The molecule has 2 nitrogen and oxygen atoms in total. The van der Waals surface area contributed by atoms with Crippen molar-refractivity contribution in [2.24, 2.45) is 5.84 Å². The molecule has 0 aromatic heterocycles. The monoisotopic (exact) mass is 176 g/mol. The summed E-state index contributed by atoms with van der Waals surface area (Å²) in [4.78, 5) is 0. The third-order valence-electron chi connectivity index (χ3n) is 0.374. The van der Waals surface area contributed by atoms with Crippen molar-refractivity contribution in [3.05, 3.63) is 10.6 Å². The van der Waals surface area contributed by atoms with Crippen LogP contribution in [0.15, 0.2) is 10.6 Å². The Hall–Kier alpha value is 0.530. The van der Waals surface area contributed by atoms with E-state index in [4.69, 9.17) is 29.0 Å². The predicted octanol–water partition coefficient (Wildman–Crippen LogP) is 1.19. The molecule has 0 bridgehead atoms. The van der Waals surface area contributed by atoms with Gasteiger partial charge in [-0.05, 0) is 6.08 Å². The number of halogens is 3. The van der Waals surface area contributed by atoms with Gasteiger partial charge in [-0.15, -0.1) is 12.4 Å². The quantitative estimate of drug-likeness (QED) is 0.491. The molecule has 0 amide bonds. The Balaban J connectivity index is 0. The molecule has 8 heavy (non-hydrogen) atoms. The fraction of sp³-hybridized carbons (Fsp3) is 0.333. The molecule has 50 valence electrons. The van der Waals surface area contributed by atoms with Gasteiger partial charge in [-0.2, -0.15) is 0 Å². The van der Waals surface area contributed by atoms with E-state index in [1.165, 1.54) is 0 Å². The fourth-order valence-corrected chi connectivity index (χ4v) is 0.290. The van der Waals surface area contributed by atoms with E-state index in [9.17, 15) is 0 Å². The molecular formula is C3H7Cl3N2. The number of hydrogen-bond donors (Lipinski definition) is 2. The van der Waals surface area contributed by atoms with E-state index in [1.54, 1.807) is 6.08 Å². The molecule has 0 saturated heterocycles. The summed E-state index contributed by atoms with van der Waals surface area (Å²) < 4.78 is 0.234. The van der Waals surface area contributed by atoms with Crippen molar-refractivity contribution >= 4 is 35.6 Å². The maximum Gasteiger partial charge on any atom is 0.104 e. The van der Waals surface area contributed by atoms with Crippen LogP contribution in [0.5, 0.6) is 0 Å². The highest BCUT2D eigenvalue weighted by atomic mass is 35.5. The van der Waals surface area contributed by atoms with Crippen molar-refractivity contribution < 1.29 is 0 Å². The van der Waals surface area contributed by atoms with Crippen LogP contribution < -0.4 is 11.3 Å². The molecule has 0 aliphatic carbocycles. The van der Waals surface area contributed by atoms with E-state index in [2.05, 4.69) is 5.43 Å². The standard InChI is InChI=1S/C3H6Cl2N2.ClH/c4-3(5)1-2-7-6;/h1,7H,2,6H2;1H. The molecule has 5 heteroatoms. The summed E-state index contributed by atoms with van der Waals surface area (Å²) >= 11 is 10.4. The molecule has 0 rings (SSSR count). The first-order chi connectivity index (χ1) is 3.27. The van der Waals surface area contributed by atoms with Crippen LogP contribution in [0.25, 0.3) is 0 Å². The van der Waals surface area contributed by atoms with Crippen molar-refractivity contribution in [3.8, 4) is 0 Å². The van der Waals surface area contributed by atoms with E-state index < -0.39 is 0 Å². The lowest BCUT2D eigenvalue weighted by Crippen LogP contribution is -2.21. The summed E-state index contributed by atoms with van der Waals surface area (Å²) in [6, 6.07) is 0. The summed E-state index contributed by atoms with van der Waals surface area (Å²) in [6.45, 7) is 0.502. The van der Waals surface area contributed by atoms with Gasteiger partial charge in [-0.1, -0.05) is 23.2 Å². The first kappa shape index (κ1) is 11.3. The van der Waals surface area contributed by atoms with Gasteiger partial charge in [0, 0.05) is 6.54 Å². The van der Waals surface area contributed by atoms with Crippen LogP contribution in [0.2, 0.25) is 0 Å². The second kappa shape index (κ2) is 7.53. The zero-order valence-electron chi connectivity index (χ0n) is 4.03. The lowest BCUT2D eigenvalue weighted by Gasteiger charge is -1.85. The molecule has 0 unspecified atom stereocenters. The van der Waals surface area contributed by atoms with Gasteiger partial charge in [0.1, 0.15) is 4.49 Å². The highest BCUT2D eigenvalue weighted by Crippen LogP contribution is 2.03. The maximum absolute atomic E-state index is 5.19. The minimum Gasteiger partial charge on any atom is -0.271 e. The van der Waals surface area contributed by atoms with Crippen molar-refractivity contribution in [1.82, 2.24) is 5.43 Å². The largest absolute Gasteiger partial charge is 0.271 e. The number of hydrogen-bond acceptors (Lipinski definition) is 2. The summed E-state index contributed by atoms with van der Waals surface area (Å²) in [5.74, 6) is 4.86. The molecule has 0 fully saturated rings. The minimum atomic E-state index is 0. The highest BCUT2D eigenvalue weighted by molar-refractivity contribution is 6.55. The Labute approximate surface area is 64.4 Å². The van der Waals surface area contributed by atoms with E-state index >= 15 is 0 Å². The van der Waals surface area contributed by atoms with Gasteiger partial charge in [-0.25, -0.2) is 0 Å². The molecule has 0 spiro atoms. The third-order valence-corrected chi connectivity index (χ3v) is 0.683. The molecule has 0 aliphatic heterocycles. The molecule has 0 saturated carbocycles. The van der Waals surface area contributed by atoms with Gasteiger partial charge in [0.05, 0.1) is 0 Å². The van der Waals surface area contributed by atoms with Gasteiger partial charge in [0.25, 0.3) is 0 Å². The zero-order chi connectivity index (χ0) is 5.70. The van der Waals surface area contributed by atoms with Gasteiger partial charge in [0.2, 0.25) is 0 Å². The molecule has 0 radical (unpaired) electrons.